The molecular formula is C33H43ClN5O15P. The van der Waals surface area contributed by atoms with Gasteiger partial charge in [0.05, 0.1) is 19.3 Å². The molecule has 1 aromatic heterocycles. The number of azide groups is 1. The zero-order chi connectivity index (χ0) is 41.4. The molecule has 1 aromatic carbocycles. The van der Waals surface area contributed by atoms with Gasteiger partial charge < -0.3 is 33.9 Å². The number of aliphatic hydroxyl groups is 2. The highest BCUT2D eigenvalue weighted by Crippen LogP contribution is 2.60. The van der Waals surface area contributed by atoms with Crippen molar-refractivity contribution in [3.63, 3.8) is 0 Å². The van der Waals surface area contributed by atoms with Crippen LogP contribution >= 0.6 is 19.4 Å². The van der Waals surface area contributed by atoms with Crippen molar-refractivity contribution in [2.24, 2.45) is 5.11 Å². The van der Waals surface area contributed by atoms with Crippen LogP contribution in [0.2, 0.25) is 5.02 Å². The maximum absolute atomic E-state index is 14.2. The van der Waals surface area contributed by atoms with Crippen molar-refractivity contribution in [2.45, 2.75) is 115 Å². The maximum atomic E-state index is 14.2. The average molecular weight is 816 g/mol. The van der Waals surface area contributed by atoms with Crippen molar-refractivity contribution in [2.75, 3.05) is 13.2 Å². The molecule has 0 unspecified atom stereocenters. The summed E-state index contributed by atoms with van der Waals surface area (Å²) in [5, 5.41) is 29.0. The predicted molar refractivity (Wildman–Crippen MR) is 188 cm³/mol. The Labute approximate surface area is 320 Å². The number of halogens is 1. The molecule has 0 saturated carbocycles. The van der Waals surface area contributed by atoms with Gasteiger partial charge in [-0.25, -0.2) is 23.7 Å². The smallest absolute Gasteiger partial charge is 0.458 e. The fourth-order valence-corrected chi connectivity index (χ4v) is 6.96. The summed E-state index contributed by atoms with van der Waals surface area (Å²) in [4.78, 5) is 60.5. The first-order chi connectivity index (χ1) is 25.2. The lowest BCUT2D eigenvalue weighted by atomic mass is 9.76. The first-order valence-electron chi connectivity index (χ1n) is 16.7. The third kappa shape index (κ3) is 9.48. The predicted octanol–water partition coefficient (Wildman–Crippen LogP) is 5.19. The number of benzene rings is 1. The van der Waals surface area contributed by atoms with Crippen LogP contribution < -0.4 is 10.4 Å². The largest absolute Gasteiger partial charge is 0.515 e. The summed E-state index contributed by atoms with van der Waals surface area (Å²) in [6, 6.07) is 7.32. The van der Waals surface area contributed by atoms with E-state index in [9.17, 15) is 39.5 Å². The molecule has 302 valence electrons. The normalized spacial score (nSPS) is 28.4. The highest BCUT2D eigenvalue weighted by Gasteiger charge is 2.83. The van der Waals surface area contributed by atoms with Gasteiger partial charge in [-0.1, -0.05) is 28.8 Å². The molecule has 3 heterocycles. The Morgan fingerprint density at radius 3 is 2.22 bits per heavy atom. The Kier molecular flexibility index (Phi) is 12.2. The zero-order valence-corrected chi connectivity index (χ0v) is 33.2. The molecule has 2 N–H and O–H groups in total. The fraction of sp³-hybridized carbons (Fsp3) is 0.606. The van der Waals surface area contributed by atoms with Gasteiger partial charge in [-0.15, -0.1) is 0 Å². The SMILES string of the molecule is CC(C)(C)OC(=O)Oc1ccn([C@@H]2O[C@@](CO[P@@]3(=O)OCC[C@@H](c4cccc(Cl)c4)O3)(N=[N+]=[N-])[C@](O)(C(=O)OC(C)(C)C)[C@]2(O)C(=O)OC(C)(C)C)c(=O)n1. The van der Waals surface area contributed by atoms with E-state index in [1.165, 1.54) is 41.5 Å². The minimum Gasteiger partial charge on any atom is -0.458 e. The highest BCUT2D eigenvalue weighted by atomic mass is 35.5. The Balaban J connectivity index is 1.89. The number of phosphoric ester groups is 1. The number of aromatic nitrogens is 2. The van der Waals surface area contributed by atoms with Crippen molar-refractivity contribution in [3.8, 4) is 5.88 Å². The van der Waals surface area contributed by atoms with E-state index in [1.807, 2.05) is 0 Å². The molecule has 2 aliphatic rings. The molecule has 0 spiro atoms. The molecule has 0 radical (unpaired) electrons. The lowest BCUT2D eigenvalue weighted by molar-refractivity contribution is -0.232. The van der Waals surface area contributed by atoms with Gasteiger partial charge in [-0.3, -0.25) is 18.1 Å². The number of rotatable bonds is 9. The van der Waals surface area contributed by atoms with Crippen molar-refractivity contribution in [3.05, 3.63) is 68.0 Å². The van der Waals surface area contributed by atoms with Crippen LogP contribution in [0.4, 0.5) is 4.79 Å². The Hall–Kier alpha value is -4.10. The molecule has 2 aromatic rings. The van der Waals surface area contributed by atoms with E-state index in [2.05, 4.69) is 15.0 Å². The van der Waals surface area contributed by atoms with Crippen LogP contribution in [0.1, 0.15) is 86.6 Å². The summed E-state index contributed by atoms with van der Waals surface area (Å²) in [7, 11) is -4.74. The van der Waals surface area contributed by atoms with Crippen LogP contribution in [0.15, 0.2) is 46.4 Å². The van der Waals surface area contributed by atoms with Crippen LogP contribution in [0, 0.1) is 0 Å². The van der Waals surface area contributed by atoms with Gasteiger partial charge in [0, 0.05) is 28.6 Å². The molecule has 0 bridgehead atoms. The summed E-state index contributed by atoms with van der Waals surface area (Å²) in [5.41, 5.74) is -5.97. The molecule has 20 nitrogen and oxygen atoms in total. The maximum Gasteiger partial charge on any atom is 0.515 e. The Morgan fingerprint density at radius 2 is 1.65 bits per heavy atom. The third-order valence-electron chi connectivity index (χ3n) is 7.55. The lowest BCUT2D eigenvalue weighted by Gasteiger charge is -2.42. The first-order valence-corrected chi connectivity index (χ1v) is 18.5. The summed E-state index contributed by atoms with van der Waals surface area (Å²) in [6.45, 7) is 11.3. The van der Waals surface area contributed by atoms with Crippen molar-refractivity contribution in [1.82, 2.24) is 9.55 Å². The second kappa shape index (κ2) is 15.4. The molecule has 0 aliphatic carbocycles. The second-order valence-electron chi connectivity index (χ2n) is 15.4. The number of ether oxygens (including phenoxy) is 5. The Morgan fingerprint density at radius 1 is 1.04 bits per heavy atom. The number of esters is 2. The molecule has 55 heavy (non-hydrogen) atoms. The number of phosphoric acid groups is 1. The number of carbonyl (C=O) groups excluding carboxylic acids is 3. The first kappa shape index (κ1) is 43.6. The van der Waals surface area contributed by atoms with Crippen molar-refractivity contribution < 1.29 is 66.4 Å². The van der Waals surface area contributed by atoms with Gasteiger partial charge in [0.15, 0.2) is 6.23 Å². The summed E-state index contributed by atoms with van der Waals surface area (Å²) in [6.07, 6.45) is -3.74. The van der Waals surface area contributed by atoms with Crippen LogP contribution in [0.5, 0.6) is 5.88 Å². The van der Waals surface area contributed by atoms with Crippen LogP contribution in [-0.2, 0) is 46.7 Å². The number of carbonyl (C=O) groups is 3. The Bertz CT molecular complexity index is 1970. The third-order valence-corrected chi connectivity index (χ3v) is 9.24. The molecule has 2 saturated heterocycles. The van der Waals surface area contributed by atoms with Gasteiger partial charge in [0.2, 0.25) is 17.2 Å². The van der Waals surface area contributed by atoms with E-state index in [-0.39, 0.29) is 13.0 Å². The fourth-order valence-electron chi connectivity index (χ4n) is 5.36. The van der Waals surface area contributed by atoms with E-state index in [1.54, 1.807) is 45.0 Å². The van der Waals surface area contributed by atoms with E-state index in [0.717, 1.165) is 12.3 Å². The van der Waals surface area contributed by atoms with Gasteiger partial charge in [0.25, 0.3) is 5.60 Å². The molecule has 22 heteroatoms. The van der Waals surface area contributed by atoms with E-state index in [0.29, 0.717) is 15.2 Å². The molecule has 0 amide bonds. The van der Waals surface area contributed by atoms with Gasteiger partial charge in [0.1, 0.15) is 16.8 Å². The minimum absolute atomic E-state index is 0.178. The number of nitrogens with zero attached hydrogens (tertiary/aromatic N) is 5. The second-order valence-corrected chi connectivity index (χ2v) is 17.5. The van der Waals surface area contributed by atoms with Crippen molar-refractivity contribution in [1.29, 1.82) is 0 Å². The monoisotopic (exact) mass is 815 g/mol. The molecule has 6 atom stereocenters. The standard InChI is InChI=1S/C33H43ClN5O15P/c1-28(2,3)51-24(40)32(44)23(39-15-13-22(36-26(39)42)49-27(43)53-30(7,8)9)50-31(37-38-35,33(32,45)25(41)52-29(4,5)6)18-48-55(46)47-16-14-21(54-55)19-11-10-12-20(34)17-19/h10-13,15,17,21,23,44-45H,14,16,18H2,1-9H3/t21-,23+,31+,32+,33+,55+/m0/s1. The quantitative estimate of drug-likeness (QED) is 0.0823. The minimum atomic E-state index is -4.74. The van der Waals surface area contributed by atoms with Gasteiger partial charge >= 0.3 is 31.6 Å². The van der Waals surface area contributed by atoms with Gasteiger partial charge in [-0.2, -0.15) is 4.98 Å². The lowest BCUT2D eigenvalue weighted by Crippen LogP contribution is -2.72. The average Bonchev–Trinajstić information content (AvgIpc) is 3.23. The van der Waals surface area contributed by atoms with E-state index < -0.39 is 90.2 Å². The summed E-state index contributed by atoms with van der Waals surface area (Å²) >= 11 is 6.12. The zero-order valence-electron chi connectivity index (χ0n) is 31.5. The van der Waals surface area contributed by atoms with E-state index in [4.69, 9.17) is 48.9 Å². The number of hydrogen-bond acceptors (Lipinski definition) is 17. The van der Waals surface area contributed by atoms with E-state index >= 15 is 0 Å². The van der Waals surface area contributed by atoms with Gasteiger partial charge in [-0.05, 0) is 85.5 Å². The molecule has 2 fully saturated rings. The molecule has 2 aliphatic heterocycles. The molecule has 4 rings (SSSR count). The summed E-state index contributed by atoms with van der Waals surface area (Å²) < 4.78 is 57.7. The van der Waals surface area contributed by atoms with Crippen LogP contribution in [-0.4, -0.2) is 84.8 Å². The highest BCUT2D eigenvalue weighted by molar-refractivity contribution is 7.48. The summed E-state index contributed by atoms with van der Waals surface area (Å²) in [5.74, 6) is -4.23. The molecular weight excluding hydrogens is 773 g/mol. The van der Waals surface area contributed by atoms with Crippen molar-refractivity contribution >= 4 is 37.5 Å². The number of hydrogen-bond donors (Lipinski definition) is 2. The topological polar surface area (TPSA) is 266 Å². The van der Waals surface area contributed by atoms with Crippen LogP contribution in [0.3, 0.4) is 0 Å². The van der Waals surface area contributed by atoms with Crippen LogP contribution in [0.25, 0.3) is 10.4 Å².